The van der Waals surface area contributed by atoms with E-state index >= 15 is 0 Å². The van der Waals surface area contributed by atoms with Crippen LogP contribution < -0.4 is 10.6 Å². The van der Waals surface area contributed by atoms with E-state index in [1.54, 1.807) is 18.2 Å². The SMILES string of the molecule is BC(O)(C=O)C(B)(O)C(O)(C(=O)NC)N1Cc2c(NCc3cccc(CN4CCOCC4)c3)cccc2C1=O. The van der Waals surface area contributed by atoms with E-state index in [4.69, 9.17) is 4.74 Å². The highest BCUT2D eigenvalue weighted by atomic mass is 16.5. The fourth-order valence-corrected chi connectivity index (χ4v) is 5.06. The monoisotopic (exact) mass is 536 g/mol. The van der Waals surface area contributed by atoms with Crippen molar-refractivity contribution in [2.45, 2.75) is 36.4 Å². The highest BCUT2D eigenvalue weighted by molar-refractivity contribution is 6.33. The third kappa shape index (κ3) is 5.20. The molecule has 0 aromatic heterocycles. The largest absolute Gasteiger partial charge is 0.391 e. The zero-order chi connectivity index (χ0) is 28.4. The van der Waals surface area contributed by atoms with E-state index < -0.39 is 28.5 Å². The van der Waals surface area contributed by atoms with E-state index in [-0.39, 0.29) is 18.4 Å². The van der Waals surface area contributed by atoms with Crippen LogP contribution in [0.15, 0.2) is 42.5 Å². The molecule has 3 atom stereocenters. The van der Waals surface area contributed by atoms with Crippen molar-refractivity contribution in [2.24, 2.45) is 0 Å². The Bertz CT molecular complexity index is 1250. The molecule has 0 radical (unpaired) electrons. The van der Waals surface area contributed by atoms with Gasteiger partial charge in [-0.15, -0.1) is 0 Å². The van der Waals surface area contributed by atoms with Crippen LogP contribution in [0.2, 0.25) is 0 Å². The summed E-state index contributed by atoms with van der Waals surface area (Å²) in [6.45, 7) is 4.27. The normalized spacial score (nSPS) is 20.3. The first kappa shape index (κ1) is 28.8. The van der Waals surface area contributed by atoms with Crippen LogP contribution in [0.3, 0.4) is 0 Å². The van der Waals surface area contributed by atoms with Gasteiger partial charge < -0.3 is 35.5 Å². The molecule has 1 saturated heterocycles. The number of anilines is 1. The summed E-state index contributed by atoms with van der Waals surface area (Å²) in [5.41, 5.74) is -4.72. The van der Waals surface area contributed by atoms with Crippen molar-refractivity contribution in [1.82, 2.24) is 15.1 Å². The predicted octanol–water partition coefficient (Wildman–Crippen LogP) is -2.64. The average Bonchev–Trinajstić information content (AvgIpc) is 3.28. The van der Waals surface area contributed by atoms with E-state index in [1.165, 1.54) is 12.6 Å². The molecule has 0 saturated carbocycles. The maximum absolute atomic E-state index is 13.4. The molecule has 2 amide bonds. The van der Waals surface area contributed by atoms with E-state index in [0.717, 1.165) is 59.0 Å². The molecule has 5 N–H and O–H groups in total. The van der Waals surface area contributed by atoms with Crippen LogP contribution in [0.4, 0.5) is 5.69 Å². The number of rotatable bonds is 10. The Balaban J connectivity index is 1.57. The zero-order valence-electron chi connectivity index (χ0n) is 22.4. The maximum Gasteiger partial charge on any atom is 0.275 e. The number of fused-ring (bicyclic) bond motifs is 1. The number of likely N-dealkylation sites (N-methyl/N-ethyl adjacent to an activating group) is 1. The minimum absolute atomic E-state index is 0.0226. The Morgan fingerprint density at radius 3 is 2.44 bits per heavy atom. The van der Waals surface area contributed by atoms with Crippen LogP contribution in [-0.2, 0) is 34.0 Å². The molecule has 0 aliphatic carbocycles. The topological polar surface area (TPSA) is 152 Å². The molecule has 2 aromatic rings. The second-order valence-electron chi connectivity index (χ2n) is 10.4. The van der Waals surface area contributed by atoms with Gasteiger partial charge in [-0.2, -0.15) is 0 Å². The second kappa shape index (κ2) is 11.1. The number of hydrogen-bond donors (Lipinski definition) is 5. The van der Waals surface area contributed by atoms with Crippen LogP contribution in [0, 0.1) is 0 Å². The van der Waals surface area contributed by atoms with Crippen LogP contribution in [0.25, 0.3) is 0 Å². The number of carbonyl (C=O) groups excluding carboxylic acids is 3. The predicted molar refractivity (Wildman–Crippen MR) is 148 cm³/mol. The van der Waals surface area contributed by atoms with Gasteiger partial charge in [-0.1, -0.05) is 30.3 Å². The molecule has 4 rings (SSSR count). The van der Waals surface area contributed by atoms with Gasteiger partial charge in [0.15, 0.2) is 15.7 Å². The van der Waals surface area contributed by atoms with Crippen molar-refractivity contribution < 1.29 is 34.4 Å². The van der Waals surface area contributed by atoms with Crippen molar-refractivity contribution in [2.75, 3.05) is 38.7 Å². The van der Waals surface area contributed by atoms with Crippen molar-refractivity contribution in [3.05, 3.63) is 64.7 Å². The molecule has 2 aromatic carbocycles. The van der Waals surface area contributed by atoms with Crippen molar-refractivity contribution >= 4 is 39.5 Å². The summed E-state index contributed by atoms with van der Waals surface area (Å²) < 4.78 is 5.42. The van der Waals surface area contributed by atoms with Crippen LogP contribution in [0.5, 0.6) is 0 Å². The Morgan fingerprint density at radius 2 is 1.77 bits per heavy atom. The Kier molecular flexibility index (Phi) is 8.20. The van der Waals surface area contributed by atoms with Gasteiger partial charge in [-0.3, -0.25) is 19.4 Å². The number of aliphatic hydroxyl groups is 3. The number of nitrogens with zero attached hydrogens (tertiary/aromatic N) is 2. The number of benzene rings is 2. The molecule has 13 heteroatoms. The third-order valence-electron chi connectivity index (χ3n) is 7.78. The highest BCUT2D eigenvalue weighted by Crippen LogP contribution is 2.39. The molecule has 0 spiro atoms. The average molecular weight is 536 g/mol. The van der Waals surface area contributed by atoms with Crippen molar-refractivity contribution in [3.8, 4) is 0 Å². The third-order valence-corrected chi connectivity index (χ3v) is 7.78. The molecule has 0 bridgehead atoms. The van der Waals surface area contributed by atoms with Gasteiger partial charge in [-0.25, -0.2) is 0 Å². The Hall–Kier alpha value is -3.22. The maximum atomic E-state index is 13.4. The molecule has 2 heterocycles. The first-order chi connectivity index (χ1) is 18.5. The van der Waals surface area contributed by atoms with E-state index in [9.17, 15) is 29.7 Å². The van der Waals surface area contributed by atoms with Gasteiger partial charge in [0.05, 0.1) is 19.8 Å². The fourth-order valence-electron chi connectivity index (χ4n) is 5.06. The molecule has 2 aliphatic rings. The van der Waals surface area contributed by atoms with E-state index in [0.29, 0.717) is 17.8 Å². The summed E-state index contributed by atoms with van der Waals surface area (Å²) in [5.74, 6) is -1.88. The van der Waals surface area contributed by atoms with E-state index in [2.05, 4.69) is 27.7 Å². The van der Waals surface area contributed by atoms with Gasteiger partial charge >= 0.3 is 0 Å². The number of hydrogen-bond acceptors (Lipinski definition) is 9. The minimum atomic E-state index is -2.96. The fraction of sp³-hybridized carbons (Fsp3) is 0.423. The first-order valence-corrected chi connectivity index (χ1v) is 12.9. The van der Waals surface area contributed by atoms with Crippen LogP contribution >= 0.6 is 0 Å². The van der Waals surface area contributed by atoms with Gasteiger partial charge in [-0.05, 0) is 23.3 Å². The summed E-state index contributed by atoms with van der Waals surface area (Å²) >= 11 is 0. The molecular formula is C26H34B2N4O7. The number of aldehydes is 1. The molecule has 11 nitrogen and oxygen atoms in total. The smallest absolute Gasteiger partial charge is 0.275 e. The molecule has 206 valence electrons. The molecule has 3 unspecified atom stereocenters. The number of amides is 2. The summed E-state index contributed by atoms with van der Waals surface area (Å²) in [6, 6.07) is 13.2. The molecule has 39 heavy (non-hydrogen) atoms. The molecule has 1 fully saturated rings. The second-order valence-corrected chi connectivity index (χ2v) is 10.4. The van der Waals surface area contributed by atoms with Crippen molar-refractivity contribution in [3.63, 3.8) is 0 Å². The minimum Gasteiger partial charge on any atom is -0.391 e. The summed E-state index contributed by atoms with van der Waals surface area (Å²) in [7, 11) is 3.12. The summed E-state index contributed by atoms with van der Waals surface area (Å²) in [6.07, 6.45) is 0.0226. The van der Waals surface area contributed by atoms with Gasteiger partial charge in [0, 0.05) is 50.0 Å². The number of morpholine rings is 1. The summed E-state index contributed by atoms with van der Waals surface area (Å²) in [5, 5.41) is 38.9. The van der Waals surface area contributed by atoms with Crippen LogP contribution in [0.1, 0.15) is 27.0 Å². The Labute approximate surface area is 228 Å². The van der Waals surface area contributed by atoms with Crippen molar-refractivity contribution in [1.29, 1.82) is 0 Å². The lowest BCUT2D eigenvalue weighted by Crippen LogP contribution is -2.79. The van der Waals surface area contributed by atoms with Gasteiger partial charge in [0.25, 0.3) is 11.8 Å². The lowest BCUT2D eigenvalue weighted by molar-refractivity contribution is -0.219. The Morgan fingerprint density at radius 1 is 1.10 bits per heavy atom. The zero-order valence-corrected chi connectivity index (χ0v) is 22.4. The first-order valence-electron chi connectivity index (χ1n) is 12.9. The standard InChI is InChI=1S/C26H34B2N4O7/c1-29-23(35)25(37,26(28,38)24(27,36)16-33)32-15-20-19(22(32)34)6-3-7-21(20)30-13-17-4-2-5-18(12-17)14-31-8-10-39-11-9-31/h2-7,12,16,30,36-38H,8-11,13-15,27-28H2,1H3,(H,29,35). The quantitative estimate of drug-likeness (QED) is 0.162. The number of ether oxygens (including phenoxy) is 1. The van der Waals surface area contributed by atoms with Gasteiger partial charge in [0.1, 0.15) is 17.3 Å². The summed E-state index contributed by atoms with van der Waals surface area (Å²) in [4.78, 5) is 41.1. The highest BCUT2D eigenvalue weighted by Gasteiger charge is 2.65. The van der Waals surface area contributed by atoms with E-state index in [1.807, 2.05) is 12.1 Å². The van der Waals surface area contributed by atoms with Gasteiger partial charge in [0.2, 0.25) is 5.72 Å². The number of carbonyl (C=O) groups is 3. The molecular weight excluding hydrogens is 502 g/mol. The lowest BCUT2D eigenvalue weighted by Gasteiger charge is -2.49. The molecule has 2 aliphatic heterocycles. The van der Waals surface area contributed by atoms with Crippen LogP contribution in [-0.4, -0.2) is 109 Å². The lowest BCUT2D eigenvalue weighted by atomic mass is 9.54. The number of nitrogens with one attached hydrogen (secondary N) is 2.